The topological polar surface area (TPSA) is 42.2 Å². The molecule has 0 unspecified atom stereocenters. The van der Waals surface area contributed by atoms with Crippen LogP contribution in [-0.2, 0) is 11.2 Å². The molecule has 2 aromatic carbocycles. The van der Waals surface area contributed by atoms with Crippen molar-refractivity contribution in [3.05, 3.63) is 65.2 Å². The smallest absolute Gasteiger partial charge is 0.229 e. The first-order valence-corrected chi connectivity index (χ1v) is 7.06. The van der Waals surface area contributed by atoms with E-state index in [-0.39, 0.29) is 18.0 Å². The van der Waals surface area contributed by atoms with Gasteiger partial charge < -0.3 is 9.73 Å². The molecule has 112 valence electrons. The maximum atomic E-state index is 13.5. The predicted octanol–water partition coefficient (Wildman–Crippen LogP) is 4.37. The number of halogens is 1. The monoisotopic (exact) mass is 297 g/mol. The summed E-state index contributed by atoms with van der Waals surface area (Å²) >= 11 is 0. The summed E-state index contributed by atoms with van der Waals surface area (Å²) in [6, 6.07) is 10.1. The second-order valence-electron chi connectivity index (χ2n) is 5.40. The number of fused-ring (bicyclic) bond motifs is 1. The van der Waals surface area contributed by atoms with Gasteiger partial charge in [0.15, 0.2) is 0 Å². The molecular formula is C18H16FNO2. The maximum Gasteiger partial charge on any atom is 0.229 e. The van der Waals surface area contributed by atoms with Crippen molar-refractivity contribution in [1.82, 2.24) is 0 Å². The lowest BCUT2D eigenvalue weighted by Gasteiger charge is -2.05. The number of furan rings is 1. The molecule has 0 radical (unpaired) electrons. The Bertz CT molecular complexity index is 851. The number of benzene rings is 2. The van der Waals surface area contributed by atoms with E-state index in [9.17, 15) is 9.18 Å². The number of nitrogens with one attached hydrogen (secondary N) is 1. The van der Waals surface area contributed by atoms with Crippen molar-refractivity contribution < 1.29 is 13.6 Å². The summed E-state index contributed by atoms with van der Waals surface area (Å²) in [5, 5.41) is 3.51. The van der Waals surface area contributed by atoms with Crippen LogP contribution in [0.4, 0.5) is 10.1 Å². The molecule has 0 bridgehead atoms. The van der Waals surface area contributed by atoms with Gasteiger partial charge in [-0.3, -0.25) is 4.79 Å². The number of carbonyl (C=O) groups is 1. The normalized spacial score (nSPS) is 10.9. The van der Waals surface area contributed by atoms with Crippen LogP contribution >= 0.6 is 0 Å². The SMILES string of the molecule is Cc1cc2occ(CC(=O)Nc3ccccc3F)c2cc1C. The fraction of sp³-hybridized carbons (Fsp3) is 0.167. The van der Waals surface area contributed by atoms with E-state index in [1.807, 2.05) is 26.0 Å². The molecule has 0 spiro atoms. The van der Waals surface area contributed by atoms with Crippen molar-refractivity contribution in [3.8, 4) is 0 Å². The van der Waals surface area contributed by atoms with E-state index in [1.54, 1.807) is 18.4 Å². The largest absolute Gasteiger partial charge is 0.464 e. The molecule has 0 aliphatic heterocycles. The van der Waals surface area contributed by atoms with Gasteiger partial charge in [-0.2, -0.15) is 0 Å². The van der Waals surface area contributed by atoms with Gasteiger partial charge in [0.1, 0.15) is 11.4 Å². The third-order valence-corrected chi connectivity index (χ3v) is 3.77. The maximum absolute atomic E-state index is 13.5. The van der Waals surface area contributed by atoms with Gasteiger partial charge in [-0.05, 0) is 49.2 Å². The molecule has 3 rings (SSSR count). The lowest BCUT2D eigenvalue weighted by Crippen LogP contribution is -2.15. The third kappa shape index (κ3) is 2.72. The number of rotatable bonds is 3. The first-order valence-electron chi connectivity index (χ1n) is 7.06. The highest BCUT2D eigenvalue weighted by molar-refractivity contribution is 5.95. The number of para-hydroxylation sites is 1. The molecule has 1 N–H and O–H groups in total. The Morgan fingerprint density at radius 3 is 2.68 bits per heavy atom. The summed E-state index contributed by atoms with van der Waals surface area (Å²) in [6.07, 6.45) is 1.73. The summed E-state index contributed by atoms with van der Waals surface area (Å²) in [6.45, 7) is 4.03. The van der Waals surface area contributed by atoms with Gasteiger partial charge in [0, 0.05) is 10.9 Å². The van der Waals surface area contributed by atoms with E-state index in [1.165, 1.54) is 12.1 Å². The molecule has 0 aliphatic rings. The molecule has 3 nitrogen and oxygen atoms in total. The number of hydrogen-bond donors (Lipinski definition) is 1. The van der Waals surface area contributed by atoms with Crippen molar-refractivity contribution in [2.24, 2.45) is 0 Å². The molecule has 0 aliphatic carbocycles. The van der Waals surface area contributed by atoms with Crippen LogP contribution in [0.1, 0.15) is 16.7 Å². The van der Waals surface area contributed by atoms with Crippen molar-refractivity contribution >= 4 is 22.6 Å². The first-order chi connectivity index (χ1) is 10.5. The molecule has 1 heterocycles. The summed E-state index contributed by atoms with van der Waals surface area (Å²) in [5.41, 5.74) is 4.03. The minimum Gasteiger partial charge on any atom is -0.464 e. The van der Waals surface area contributed by atoms with Crippen molar-refractivity contribution in [2.45, 2.75) is 20.3 Å². The van der Waals surface area contributed by atoms with Crippen molar-refractivity contribution in [1.29, 1.82) is 0 Å². The molecule has 0 saturated carbocycles. The van der Waals surface area contributed by atoms with Gasteiger partial charge in [-0.15, -0.1) is 0 Å². The molecule has 1 aromatic heterocycles. The summed E-state index contributed by atoms with van der Waals surface area (Å²) in [4.78, 5) is 12.1. The van der Waals surface area contributed by atoms with Crippen molar-refractivity contribution in [2.75, 3.05) is 5.32 Å². The van der Waals surface area contributed by atoms with Gasteiger partial charge in [-0.1, -0.05) is 12.1 Å². The van der Waals surface area contributed by atoms with Gasteiger partial charge >= 0.3 is 0 Å². The Kier molecular flexibility index (Phi) is 3.67. The van der Waals surface area contributed by atoms with Crippen LogP contribution in [0.2, 0.25) is 0 Å². The average Bonchev–Trinajstić information content (AvgIpc) is 2.84. The molecule has 0 fully saturated rings. The van der Waals surface area contributed by atoms with E-state index in [0.717, 1.165) is 27.7 Å². The third-order valence-electron chi connectivity index (χ3n) is 3.77. The molecule has 0 saturated heterocycles. The Hall–Kier alpha value is -2.62. The fourth-order valence-electron chi connectivity index (χ4n) is 2.40. The number of aryl methyl sites for hydroxylation is 2. The van der Waals surface area contributed by atoms with Gasteiger partial charge in [-0.25, -0.2) is 4.39 Å². The van der Waals surface area contributed by atoms with E-state index in [0.29, 0.717) is 0 Å². The molecule has 1 amide bonds. The summed E-state index contributed by atoms with van der Waals surface area (Å²) in [5.74, 6) is -0.717. The molecule has 3 aromatic rings. The van der Waals surface area contributed by atoms with Crippen LogP contribution < -0.4 is 5.32 Å². The standard InChI is InChI=1S/C18H16FNO2/c1-11-7-14-13(10-22-17(14)8-12(11)2)9-18(21)20-16-6-4-3-5-15(16)19/h3-8,10H,9H2,1-2H3,(H,20,21). The highest BCUT2D eigenvalue weighted by atomic mass is 19.1. The zero-order valence-electron chi connectivity index (χ0n) is 12.4. The van der Waals surface area contributed by atoms with Crippen LogP contribution in [0.15, 0.2) is 47.1 Å². The van der Waals surface area contributed by atoms with Gasteiger partial charge in [0.25, 0.3) is 0 Å². The highest BCUT2D eigenvalue weighted by Gasteiger charge is 2.13. The minimum atomic E-state index is -0.445. The number of carbonyl (C=O) groups excluding carboxylic acids is 1. The Morgan fingerprint density at radius 1 is 1.18 bits per heavy atom. The molecule has 0 atom stereocenters. The van der Waals surface area contributed by atoms with Gasteiger partial charge in [0.2, 0.25) is 5.91 Å². The van der Waals surface area contributed by atoms with Gasteiger partial charge in [0.05, 0.1) is 18.4 Å². The minimum absolute atomic E-state index is 0.143. The summed E-state index contributed by atoms with van der Waals surface area (Å²) < 4.78 is 19.1. The van der Waals surface area contributed by atoms with Crippen LogP contribution in [0, 0.1) is 19.7 Å². The van der Waals surface area contributed by atoms with Crippen LogP contribution in [0.25, 0.3) is 11.0 Å². The van der Waals surface area contributed by atoms with Crippen LogP contribution in [-0.4, -0.2) is 5.91 Å². The van der Waals surface area contributed by atoms with E-state index >= 15 is 0 Å². The Morgan fingerprint density at radius 2 is 1.91 bits per heavy atom. The molecule has 4 heteroatoms. The Labute approximate surface area is 127 Å². The lowest BCUT2D eigenvalue weighted by atomic mass is 10.0. The molecular weight excluding hydrogens is 281 g/mol. The second-order valence-corrected chi connectivity index (χ2v) is 5.40. The zero-order chi connectivity index (χ0) is 15.7. The van der Waals surface area contributed by atoms with Crippen molar-refractivity contribution in [3.63, 3.8) is 0 Å². The predicted molar refractivity (Wildman–Crippen MR) is 84.4 cm³/mol. The lowest BCUT2D eigenvalue weighted by molar-refractivity contribution is -0.115. The quantitative estimate of drug-likeness (QED) is 0.780. The molecule has 22 heavy (non-hydrogen) atoms. The van der Waals surface area contributed by atoms with Crippen LogP contribution in [0.5, 0.6) is 0 Å². The summed E-state index contributed by atoms with van der Waals surface area (Å²) in [7, 11) is 0. The van der Waals surface area contributed by atoms with Crippen LogP contribution in [0.3, 0.4) is 0 Å². The van der Waals surface area contributed by atoms with E-state index < -0.39 is 5.82 Å². The van der Waals surface area contributed by atoms with E-state index in [4.69, 9.17) is 4.42 Å². The average molecular weight is 297 g/mol. The Balaban J connectivity index is 1.83. The first kappa shape index (κ1) is 14.3. The van der Waals surface area contributed by atoms with E-state index in [2.05, 4.69) is 5.32 Å². The fourth-order valence-corrected chi connectivity index (χ4v) is 2.40. The number of amides is 1. The zero-order valence-corrected chi connectivity index (χ0v) is 12.4. The number of anilines is 1. The second kappa shape index (κ2) is 5.64. The number of hydrogen-bond acceptors (Lipinski definition) is 2. The highest BCUT2D eigenvalue weighted by Crippen LogP contribution is 2.25.